The van der Waals surface area contributed by atoms with Crippen LogP contribution < -0.4 is 26.0 Å². The second kappa shape index (κ2) is 6.94. The molecule has 0 spiro atoms. The van der Waals surface area contributed by atoms with Gasteiger partial charge in [0.05, 0.1) is 12.2 Å². The van der Waals surface area contributed by atoms with Gasteiger partial charge in [-0.25, -0.2) is 4.39 Å². The van der Waals surface area contributed by atoms with Crippen molar-refractivity contribution in [3.8, 4) is 5.75 Å². The average Bonchev–Trinajstić information content (AvgIpc) is 2.48. The molecule has 2 aromatic carbocycles. The lowest BCUT2D eigenvalue weighted by atomic mass is 10.1. The Morgan fingerprint density at radius 3 is 2.52 bits per heavy atom. The molecule has 0 radical (unpaired) electrons. The Hall–Kier alpha value is -2.17. The van der Waals surface area contributed by atoms with Crippen LogP contribution in [0.25, 0.3) is 0 Å². The summed E-state index contributed by atoms with van der Waals surface area (Å²) in [5, 5.41) is 3.42. The summed E-state index contributed by atoms with van der Waals surface area (Å²) in [5.74, 6) is 0.450. The van der Waals surface area contributed by atoms with E-state index in [1.54, 1.807) is 0 Å². The minimum Gasteiger partial charge on any atom is -0.591 e. The largest absolute Gasteiger partial charge is 0.591 e. The predicted octanol–water partition coefficient (Wildman–Crippen LogP) is 2.41. The van der Waals surface area contributed by atoms with Crippen LogP contribution >= 0.6 is 8.03 Å². The van der Waals surface area contributed by atoms with Crippen LogP contribution in [0.2, 0.25) is 0 Å². The fourth-order valence-electron chi connectivity index (χ4n) is 1.98. The molecule has 5 nitrogen and oxygen atoms in total. The summed E-state index contributed by atoms with van der Waals surface area (Å²) in [6.07, 6.45) is 0. The van der Waals surface area contributed by atoms with Crippen LogP contribution in [0.15, 0.2) is 42.5 Å². The third-order valence-corrected chi connectivity index (χ3v) is 3.85. The van der Waals surface area contributed by atoms with Crippen molar-refractivity contribution in [2.75, 3.05) is 17.6 Å². The topological polar surface area (TPSA) is 87.4 Å². The molecule has 3 N–H and O–H groups in total. The van der Waals surface area contributed by atoms with Crippen molar-refractivity contribution < 1.29 is 18.6 Å². The van der Waals surface area contributed by atoms with Crippen molar-refractivity contribution in [1.29, 1.82) is 0 Å². The first kappa shape index (κ1) is 17.2. The molecule has 0 bridgehead atoms. The molecule has 0 amide bonds. The molecule has 1 unspecified atom stereocenters. The van der Waals surface area contributed by atoms with E-state index in [0.717, 1.165) is 35.8 Å². The Morgan fingerprint density at radius 2 is 1.91 bits per heavy atom. The fraction of sp³-hybridized carbons (Fsp3) is 0.250. The van der Waals surface area contributed by atoms with E-state index in [2.05, 4.69) is 19.2 Å². The number of hydrogen-bond donors (Lipinski definition) is 2. The Morgan fingerprint density at radius 1 is 1.26 bits per heavy atom. The summed E-state index contributed by atoms with van der Waals surface area (Å²) in [7, 11) is -2.57. The number of ether oxygens (including phenoxy) is 1. The highest BCUT2D eigenvalue weighted by molar-refractivity contribution is 7.45. The van der Waals surface area contributed by atoms with Crippen molar-refractivity contribution >= 4 is 24.7 Å². The van der Waals surface area contributed by atoms with E-state index >= 15 is 0 Å². The summed E-state index contributed by atoms with van der Waals surface area (Å²) in [6.45, 7) is 4.92. The molecule has 0 aromatic heterocycles. The van der Waals surface area contributed by atoms with Crippen molar-refractivity contribution in [2.45, 2.75) is 19.4 Å². The lowest BCUT2D eigenvalue weighted by molar-refractivity contribution is -0.160. The number of hydrogen-bond acceptors (Lipinski definition) is 5. The van der Waals surface area contributed by atoms with Gasteiger partial charge in [-0.05, 0) is 56.3 Å². The lowest BCUT2D eigenvalue weighted by Gasteiger charge is -2.33. The molecule has 7 heteroatoms. The van der Waals surface area contributed by atoms with Crippen LogP contribution in [0.1, 0.15) is 13.8 Å². The van der Waals surface area contributed by atoms with Crippen molar-refractivity contribution in [1.82, 2.24) is 0 Å². The summed E-state index contributed by atoms with van der Waals surface area (Å²) >= 11 is 0. The van der Waals surface area contributed by atoms with Gasteiger partial charge in [-0.2, -0.15) is 0 Å². The molecule has 122 valence electrons. The molecule has 0 aliphatic carbocycles. The Kier molecular flexibility index (Phi) is 5.19. The van der Waals surface area contributed by atoms with Crippen LogP contribution in [-0.2, 0) is 4.57 Å². The van der Waals surface area contributed by atoms with Crippen LogP contribution in [0.5, 0.6) is 5.75 Å². The Labute approximate surface area is 135 Å². The third-order valence-electron chi connectivity index (χ3n) is 3.13. The maximum absolute atomic E-state index is 12.2. The van der Waals surface area contributed by atoms with E-state index in [-0.39, 0.29) is 10.9 Å². The van der Waals surface area contributed by atoms with Gasteiger partial charge in [0.1, 0.15) is 17.2 Å². The highest BCUT2D eigenvalue weighted by atomic mass is 31.1. The van der Waals surface area contributed by atoms with E-state index in [1.807, 2.05) is 18.2 Å². The maximum atomic E-state index is 12.2. The second-order valence-electron chi connectivity index (χ2n) is 5.70. The zero-order valence-electron chi connectivity index (χ0n) is 12.9. The normalized spacial score (nSPS) is 15.2. The summed E-state index contributed by atoms with van der Waals surface area (Å²) in [4.78, 5) is 10.2. The molecule has 1 aliphatic rings. The SMILES string of the molecule is CC1(C)CNc2cc(N)ccc2O1.O=[P+]([O-])c1ccc(F)cc1. The second-order valence-corrected chi connectivity index (χ2v) is 6.74. The number of fused-ring (bicyclic) bond motifs is 1. The van der Waals surface area contributed by atoms with Crippen LogP contribution in [0.3, 0.4) is 0 Å². The molecular weight excluding hydrogens is 318 g/mol. The molecule has 2 aromatic rings. The van der Waals surface area contributed by atoms with Gasteiger partial charge in [-0.15, -0.1) is 0 Å². The quantitative estimate of drug-likeness (QED) is 0.617. The van der Waals surface area contributed by atoms with Gasteiger partial charge in [0.2, 0.25) is 0 Å². The molecule has 23 heavy (non-hydrogen) atoms. The van der Waals surface area contributed by atoms with Gasteiger partial charge >= 0.3 is 8.03 Å². The molecule has 1 aliphatic heterocycles. The number of rotatable bonds is 1. The van der Waals surface area contributed by atoms with Crippen molar-refractivity contribution in [3.63, 3.8) is 0 Å². The van der Waals surface area contributed by atoms with Crippen LogP contribution in [0, 0.1) is 5.82 Å². The lowest BCUT2D eigenvalue weighted by Crippen LogP contribution is -2.39. The van der Waals surface area contributed by atoms with Crippen LogP contribution in [-0.4, -0.2) is 12.1 Å². The first-order chi connectivity index (χ1) is 10.8. The van der Waals surface area contributed by atoms with E-state index < -0.39 is 13.8 Å². The molecular formula is C16H18FN2O3P. The number of nitrogens with one attached hydrogen (secondary N) is 1. The zero-order valence-corrected chi connectivity index (χ0v) is 13.8. The van der Waals surface area contributed by atoms with Gasteiger partial charge in [-0.3, -0.25) is 0 Å². The van der Waals surface area contributed by atoms with E-state index in [1.165, 1.54) is 12.1 Å². The number of anilines is 2. The highest BCUT2D eigenvalue weighted by Crippen LogP contribution is 2.33. The van der Waals surface area contributed by atoms with Gasteiger partial charge in [0, 0.05) is 5.69 Å². The minimum absolute atomic E-state index is 0.136. The van der Waals surface area contributed by atoms with E-state index in [4.69, 9.17) is 10.5 Å². The maximum Gasteiger partial charge on any atom is 0.348 e. The van der Waals surface area contributed by atoms with E-state index in [0.29, 0.717) is 0 Å². The first-order valence-electron chi connectivity index (χ1n) is 6.99. The molecule has 3 rings (SSSR count). The predicted molar refractivity (Wildman–Crippen MR) is 87.7 cm³/mol. The summed E-state index contributed by atoms with van der Waals surface area (Å²) in [5.41, 5.74) is 7.26. The first-order valence-corrected chi connectivity index (χ1v) is 8.17. The monoisotopic (exact) mass is 336 g/mol. The van der Waals surface area contributed by atoms with Gasteiger partial charge < -0.3 is 20.7 Å². The summed E-state index contributed by atoms with van der Waals surface area (Å²) in [6, 6.07) is 10.3. The zero-order chi connectivity index (χ0) is 17.0. The Balaban J connectivity index is 0.000000174. The fourth-order valence-corrected chi connectivity index (χ4v) is 2.37. The van der Waals surface area contributed by atoms with Gasteiger partial charge in [-0.1, -0.05) is 4.57 Å². The minimum atomic E-state index is -2.57. The molecule has 0 saturated heterocycles. The number of benzene rings is 2. The number of nitrogens with two attached hydrogens (primary N) is 1. The summed E-state index contributed by atoms with van der Waals surface area (Å²) < 4.78 is 28.1. The molecule has 1 atom stereocenters. The number of nitrogen functional groups attached to an aromatic ring is 1. The molecule has 0 fully saturated rings. The third kappa shape index (κ3) is 4.91. The molecule has 0 saturated carbocycles. The highest BCUT2D eigenvalue weighted by Gasteiger charge is 2.25. The van der Waals surface area contributed by atoms with E-state index in [9.17, 15) is 13.8 Å². The van der Waals surface area contributed by atoms with Gasteiger partial charge in [0.15, 0.2) is 5.30 Å². The standard InChI is InChI=1S/C10H14N2O.C6H4FO2P/c1-10(2)6-12-8-5-7(11)3-4-9(8)13-10;7-5-1-3-6(4-2-5)10(8)9/h3-5,12H,6,11H2,1-2H3;1-4H. The van der Waals surface area contributed by atoms with Gasteiger partial charge in [0.25, 0.3) is 0 Å². The smallest absolute Gasteiger partial charge is 0.348 e. The average molecular weight is 336 g/mol. The van der Waals surface area contributed by atoms with Crippen molar-refractivity contribution in [3.05, 3.63) is 48.3 Å². The van der Waals surface area contributed by atoms with Crippen LogP contribution in [0.4, 0.5) is 15.8 Å². The number of halogens is 1. The Bertz CT molecular complexity index is 705. The van der Waals surface area contributed by atoms with Crippen molar-refractivity contribution in [2.24, 2.45) is 0 Å². The molecule has 1 heterocycles.